The van der Waals surface area contributed by atoms with Gasteiger partial charge in [-0.1, -0.05) is 46.8 Å². The predicted octanol–water partition coefficient (Wildman–Crippen LogP) is 5.34. The fourth-order valence-electron chi connectivity index (χ4n) is 7.75. The van der Waals surface area contributed by atoms with E-state index in [-0.39, 0.29) is 34.6 Å². The first kappa shape index (κ1) is 84.4. The van der Waals surface area contributed by atoms with Crippen molar-refractivity contribution in [2.45, 2.75) is 151 Å². The molecule has 1 aromatic rings. The van der Waals surface area contributed by atoms with E-state index in [1.165, 1.54) is 6.92 Å². The van der Waals surface area contributed by atoms with Crippen LogP contribution in [0.4, 0.5) is 4.79 Å². The number of unbranched alkanes of at least 4 members (excludes halogenated alkanes) is 1. The zero-order chi connectivity index (χ0) is 66.1. The van der Waals surface area contributed by atoms with Crippen molar-refractivity contribution in [3.8, 4) is 0 Å². The van der Waals surface area contributed by atoms with Crippen molar-refractivity contribution in [2.75, 3.05) is 211 Å². The summed E-state index contributed by atoms with van der Waals surface area (Å²) in [5, 5.41) is 17.1. The van der Waals surface area contributed by atoms with Crippen molar-refractivity contribution in [3.05, 3.63) is 11.9 Å². The monoisotopic (exact) mass is 1300 g/mol. The lowest BCUT2D eigenvalue weighted by atomic mass is 9.80. The average molecular weight is 1300 g/mol. The number of nitrogens with one attached hydrogen (secondary N) is 3. The fraction of sp³-hybridized carbons (Fsp3) is 0.905. The summed E-state index contributed by atoms with van der Waals surface area (Å²) >= 11 is 0. The highest BCUT2D eigenvalue weighted by atomic mass is 16.6. The Bertz CT molecular complexity index is 1850. The summed E-state index contributed by atoms with van der Waals surface area (Å²) in [7, 11) is 0. The number of aromatic nitrogens is 3. The summed E-state index contributed by atoms with van der Waals surface area (Å²) in [5.74, 6) is -0.382. The zero-order valence-corrected chi connectivity index (χ0v) is 56.8. The molecule has 0 spiro atoms. The quantitative estimate of drug-likeness (QED) is 0.0548. The van der Waals surface area contributed by atoms with Crippen LogP contribution in [0.3, 0.4) is 0 Å². The van der Waals surface area contributed by atoms with Crippen LogP contribution >= 0.6 is 0 Å². The van der Waals surface area contributed by atoms with Crippen molar-refractivity contribution >= 4 is 23.7 Å². The third-order valence-corrected chi connectivity index (χ3v) is 12.6. The third kappa shape index (κ3) is 58.2. The van der Waals surface area contributed by atoms with Gasteiger partial charge in [0.2, 0.25) is 5.91 Å². The van der Waals surface area contributed by atoms with Crippen LogP contribution in [0.25, 0.3) is 0 Å². The van der Waals surface area contributed by atoms with Gasteiger partial charge in [0.1, 0.15) is 23.1 Å². The molecule has 2 atom stereocenters. The molecule has 0 aromatic carbocycles. The van der Waals surface area contributed by atoms with Crippen molar-refractivity contribution < 1.29 is 99.7 Å². The molecule has 528 valence electrons. The van der Waals surface area contributed by atoms with Crippen LogP contribution in [0.1, 0.15) is 126 Å². The van der Waals surface area contributed by atoms with Gasteiger partial charge >= 0.3 is 12.0 Å². The summed E-state index contributed by atoms with van der Waals surface area (Å²) in [4.78, 5) is 49.3. The Labute approximate surface area is 538 Å². The maximum absolute atomic E-state index is 13.2. The van der Waals surface area contributed by atoms with E-state index in [1.54, 1.807) is 4.68 Å². The van der Waals surface area contributed by atoms with Gasteiger partial charge < -0.3 is 96.5 Å². The van der Waals surface area contributed by atoms with Crippen molar-refractivity contribution in [2.24, 2.45) is 10.8 Å². The summed E-state index contributed by atoms with van der Waals surface area (Å²) in [6, 6.07) is -1.21. The lowest BCUT2D eigenvalue weighted by molar-refractivity contribution is -0.157. The van der Waals surface area contributed by atoms with Crippen molar-refractivity contribution in [3.63, 3.8) is 0 Å². The standard InChI is InChI=1S/C63H120N6O21/c1-54(70)64-19-23-76-26-29-79-32-35-82-38-41-85-43-42-84-40-37-81-34-31-78-28-25-75-22-17-56(71)14-13-21-74-24-27-77-30-33-80-36-39-83-44-45-86-46-47-87-48-49-88-50-51-89-53-55-52-69(68-67-55)20-12-11-15-57(59(72)90-63(8,9)10)65-60(73)66-58(62(5,6)7)16-18-61(2,3)4/h52,57-58H,11-51,53H2,1-10H3,(H,64,70)(H2,65,66,73)/t57-,58-/m0/s1. The Kier molecular flexibility index (Phi) is 53.3. The normalized spacial score (nSPS) is 12.8. The number of carbonyl (C=O) groups is 4. The highest BCUT2D eigenvalue weighted by Crippen LogP contribution is 2.29. The molecular weight excluding hydrogens is 1180 g/mol. The summed E-state index contributed by atoms with van der Waals surface area (Å²) in [6.07, 6.45) is 6.90. The van der Waals surface area contributed by atoms with Crippen LogP contribution < -0.4 is 16.0 Å². The molecule has 3 amide bonds. The molecule has 0 saturated heterocycles. The molecule has 0 saturated carbocycles. The highest BCUT2D eigenvalue weighted by Gasteiger charge is 2.31. The van der Waals surface area contributed by atoms with Gasteiger partial charge in [-0.2, -0.15) is 0 Å². The smallest absolute Gasteiger partial charge is 0.329 e. The van der Waals surface area contributed by atoms with E-state index in [0.29, 0.717) is 262 Å². The minimum atomic E-state index is -0.783. The lowest BCUT2D eigenvalue weighted by Crippen LogP contribution is -2.53. The zero-order valence-electron chi connectivity index (χ0n) is 56.8. The summed E-state index contributed by atoms with van der Waals surface area (Å²) < 4.78 is 95.8. The molecule has 27 heteroatoms. The molecule has 1 aromatic heterocycles. The van der Waals surface area contributed by atoms with E-state index in [1.807, 2.05) is 27.0 Å². The second kappa shape index (κ2) is 56.9. The Morgan fingerprint density at radius 2 is 0.844 bits per heavy atom. The first-order valence-corrected chi connectivity index (χ1v) is 32.4. The SMILES string of the molecule is CC(=O)NCCOCCOCCOCCOCCOCCOCCOCCOCCC(=O)CCCOCCOCCOCCOCCOCCOCCOCCOCc1cn(CCCC[C@H](NC(=O)N[C@@H](CCC(C)(C)C)C(C)(C)C)C(=O)OC(C)(C)C)nn1. The van der Waals surface area contributed by atoms with Gasteiger partial charge in [0, 0.05) is 45.5 Å². The molecule has 0 bridgehead atoms. The molecule has 27 nitrogen and oxygen atoms in total. The van der Waals surface area contributed by atoms with E-state index < -0.39 is 17.6 Å². The van der Waals surface area contributed by atoms with E-state index in [9.17, 15) is 19.2 Å². The minimum absolute atomic E-state index is 0.0610. The van der Waals surface area contributed by atoms with Gasteiger partial charge in [-0.05, 0) is 70.1 Å². The fourth-order valence-corrected chi connectivity index (χ4v) is 7.75. The highest BCUT2D eigenvalue weighted by molar-refractivity contribution is 5.84. The number of carbonyl (C=O) groups excluding carboxylic acids is 4. The predicted molar refractivity (Wildman–Crippen MR) is 337 cm³/mol. The molecule has 0 aliphatic carbocycles. The molecule has 90 heavy (non-hydrogen) atoms. The minimum Gasteiger partial charge on any atom is -0.458 e. The van der Waals surface area contributed by atoms with E-state index in [2.05, 4.69) is 67.8 Å². The number of ketones is 1. The maximum atomic E-state index is 13.2. The van der Waals surface area contributed by atoms with Crippen LogP contribution in [0.5, 0.6) is 0 Å². The maximum Gasteiger partial charge on any atom is 0.329 e. The average Bonchev–Trinajstić information content (AvgIpc) is 4.15. The first-order valence-electron chi connectivity index (χ1n) is 32.4. The van der Waals surface area contributed by atoms with Crippen LogP contribution in [-0.4, -0.2) is 268 Å². The molecule has 0 unspecified atom stereocenters. The molecule has 1 heterocycles. The molecule has 3 N–H and O–H groups in total. The Morgan fingerprint density at radius 1 is 0.456 bits per heavy atom. The summed E-state index contributed by atoms with van der Waals surface area (Å²) in [6.45, 7) is 35.2. The third-order valence-electron chi connectivity index (χ3n) is 12.6. The largest absolute Gasteiger partial charge is 0.458 e. The van der Waals surface area contributed by atoms with Crippen LogP contribution in [0.15, 0.2) is 6.20 Å². The van der Waals surface area contributed by atoms with E-state index >= 15 is 0 Å². The molecule has 0 fully saturated rings. The second-order valence-corrected chi connectivity index (χ2v) is 24.3. The van der Waals surface area contributed by atoms with E-state index in [4.69, 9.17) is 80.5 Å². The molecule has 0 aliphatic heterocycles. The number of rotatable bonds is 64. The number of Topliss-reactive ketones (excluding diaryl/α,β-unsaturated/α-hetero) is 1. The van der Waals surface area contributed by atoms with Gasteiger partial charge in [0.15, 0.2) is 0 Å². The molecule has 0 radical (unpaired) electrons. The van der Waals surface area contributed by atoms with Gasteiger partial charge in [0.05, 0.1) is 211 Å². The van der Waals surface area contributed by atoms with Crippen LogP contribution in [0.2, 0.25) is 0 Å². The number of hydrogen-bond donors (Lipinski definition) is 3. The van der Waals surface area contributed by atoms with Crippen molar-refractivity contribution in [1.29, 1.82) is 0 Å². The number of hydrogen-bond acceptors (Lipinski definition) is 23. The Hall–Kier alpha value is -3.62. The first-order chi connectivity index (χ1) is 43.2. The summed E-state index contributed by atoms with van der Waals surface area (Å²) in [5.41, 5.74) is 0.00947. The Balaban J connectivity index is 1.84. The topological polar surface area (TPSA) is 292 Å². The Morgan fingerprint density at radius 3 is 1.23 bits per heavy atom. The van der Waals surface area contributed by atoms with Gasteiger partial charge in [-0.3, -0.25) is 14.3 Å². The van der Waals surface area contributed by atoms with Gasteiger partial charge in [-0.15, -0.1) is 5.10 Å². The number of aryl methyl sites for hydroxylation is 1. The van der Waals surface area contributed by atoms with Crippen LogP contribution in [-0.2, 0) is 108 Å². The number of amides is 3. The second-order valence-electron chi connectivity index (χ2n) is 24.3. The number of urea groups is 1. The van der Waals surface area contributed by atoms with E-state index in [0.717, 1.165) is 19.3 Å². The van der Waals surface area contributed by atoms with Gasteiger partial charge in [-0.25, -0.2) is 9.59 Å². The van der Waals surface area contributed by atoms with Crippen molar-refractivity contribution in [1.82, 2.24) is 30.9 Å². The van der Waals surface area contributed by atoms with Crippen LogP contribution in [0, 0.1) is 10.8 Å². The molecular formula is C63H120N6O21. The lowest BCUT2D eigenvalue weighted by Gasteiger charge is -2.34. The number of esters is 1. The molecule has 1 rings (SSSR count). The van der Waals surface area contributed by atoms with Gasteiger partial charge in [0.25, 0.3) is 0 Å². The number of nitrogens with zero attached hydrogens (tertiary/aromatic N) is 3. The molecule has 0 aliphatic rings. The number of ether oxygens (including phenoxy) is 17.